The Morgan fingerprint density at radius 3 is 2.89 bits per heavy atom. The minimum atomic E-state index is -1.26. The summed E-state index contributed by atoms with van der Waals surface area (Å²) >= 11 is 3.35. The van der Waals surface area contributed by atoms with Gasteiger partial charge in [-0.2, -0.15) is 0 Å². The van der Waals surface area contributed by atoms with E-state index in [1.54, 1.807) is 24.3 Å². The lowest BCUT2D eigenvalue weighted by molar-refractivity contribution is -0.150. The first-order valence-electron chi connectivity index (χ1n) is 5.73. The van der Waals surface area contributed by atoms with Crippen molar-refractivity contribution < 1.29 is 19.4 Å². The Morgan fingerprint density at radius 1 is 1.44 bits per heavy atom. The molecule has 0 spiro atoms. The van der Waals surface area contributed by atoms with Gasteiger partial charge in [0.05, 0.1) is 13.7 Å². The monoisotopic (exact) mass is 316 g/mol. The van der Waals surface area contributed by atoms with Gasteiger partial charge in [-0.25, -0.2) is 4.79 Å². The average Bonchev–Trinajstić information content (AvgIpc) is 2.42. The average molecular weight is 317 g/mol. The molecule has 0 saturated heterocycles. The molecule has 0 aliphatic heterocycles. The molecule has 0 bridgehead atoms. The van der Waals surface area contributed by atoms with E-state index in [0.29, 0.717) is 17.9 Å². The van der Waals surface area contributed by atoms with Gasteiger partial charge in [0.15, 0.2) is 6.10 Å². The van der Waals surface area contributed by atoms with Gasteiger partial charge in [-0.05, 0) is 30.5 Å². The molecular weight excluding hydrogens is 300 g/mol. The van der Waals surface area contributed by atoms with E-state index in [9.17, 15) is 9.90 Å². The van der Waals surface area contributed by atoms with Crippen LogP contribution in [0.15, 0.2) is 24.3 Å². The van der Waals surface area contributed by atoms with Gasteiger partial charge in [0, 0.05) is 5.33 Å². The van der Waals surface area contributed by atoms with E-state index in [4.69, 9.17) is 4.74 Å². The number of hydrogen-bond acceptors (Lipinski definition) is 4. The molecule has 0 amide bonds. The summed E-state index contributed by atoms with van der Waals surface area (Å²) in [6.07, 6.45) is 0.737. The lowest BCUT2D eigenvalue weighted by Gasteiger charge is -2.11. The van der Waals surface area contributed by atoms with Crippen LogP contribution in [0, 0.1) is 0 Å². The molecule has 1 aromatic carbocycles. The molecule has 0 aromatic heterocycles. The third-order valence-corrected chi connectivity index (χ3v) is 2.96. The molecule has 1 N–H and O–H groups in total. The third-order valence-electron chi connectivity index (χ3n) is 2.39. The van der Waals surface area contributed by atoms with Gasteiger partial charge >= 0.3 is 5.97 Å². The van der Waals surface area contributed by atoms with Gasteiger partial charge in [0.25, 0.3) is 0 Å². The molecule has 0 fully saturated rings. The van der Waals surface area contributed by atoms with Crippen LogP contribution in [0.2, 0.25) is 0 Å². The van der Waals surface area contributed by atoms with Crippen molar-refractivity contribution in [3.8, 4) is 5.75 Å². The van der Waals surface area contributed by atoms with Crippen LogP contribution in [0.25, 0.3) is 0 Å². The van der Waals surface area contributed by atoms with Crippen LogP contribution in [0.4, 0.5) is 0 Å². The third kappa shape index (κ3) is 4.66. The van der Waals surface area contributed by atoms with E-state index in [1.165, 1.54) is 7.11 Å². The number of carbonyl (C=O) groups is 1. The molecule has 0 aliphatic carbocycles. The Morgan fingerprint density at radius 2 is 2.22 bits per heavy atom. The highest BCUT2D eigenvalue weighted by Gasteiger charge is 2.17. The van der Waals surface area contributed by atoms with Crippen molar-refractivity contribution in [2.24, 2.45) is 0 Å². The number of ether oxygens (including phenoxy) is 2. The molecule has 0 aliphatic rings. The standard InChI is InChI=1S/C13H17BrO4/c1-17-13(16)12(15)10-5-4-6-11(9-10)18-8-3-2-7-14/h4-6,9,12,15H,2-3,7-8H2,1H3/t12-/m1/s1. The number of halogens is 1. The molecule has 18 heavy (non-hydrogen) atoms. The first-order chi connectivity index (χ1) is 8.69. The van der Waals surface area contributed by atoms with E-state index in [1.807, 2.05) is 0 Å². The fourth-order valence-electron chi connectivity index (χ4n) is 1.41. The first kappa shape index (κ1) is 15.0. The summed E-state index contributed by atoms with van der Waals surface area (Å²) in [5.74, 6) is -0.0311. The largest absolute Gasteiger partial charge is 0.494 e. The summed E-state index contributed by atoms with van der Waals surface area (Å²) in [5, 5.41) is 10.6. The van der Waals surface area contributed by atoms with Gasteiger partial charge < -0.3 is 14.6 Å². The van der Waals surface area contributed by atoms with Crippen LogP contribution >= 0.6 is 15.9 Å². The SMILES string of the molecule is COC(=O)[C@H](O)c1cccc(OCCCCBr)c1. The molecule has 0 saturated carbocycles. The minimum absolute atomic E-state index is 0.472. The molecule has 0 radical (unpaired) electrons. The van der Waals surface area contributed by atoms with Crippen LogP contribution in [-0.2, 0) is 9.53 Å². The summed E-state index contributed by atoms with van der Waals surface area (Å²) in [5.41, 5.74) is 0.472. The van der Waals surface area contributed by atoms with Crippen LogP contribution in [-0.4, -0.2) is 30.1 Å². The molecule has 5 heteroatoms. The van der Waals surface area contributed by atoms with Crippen molar-refractivity contribution >= 4 is 21.9 Å². The Hall–Kier alpha value is -1.07. The predicted octanol–water partition coefficient (Wildman–Crippen LogP) is 2.45. The lowest BCUT2D eigenvalue weighted by Crippen LogP contribution is -2.13. The van der Waals surface area contributed by atoms with Crippen molar-refractivity contribution in [3.63, 3.8) is 0 Å². The number of carbonyl (C=O) groups excluding carboxylic acids is 1. The van der Waals surface area contributed by atoms with Gasteiger partial charge in [-0.15, -0.1) is 0 Å². The summed E-state index contributed by atoms with van der Waals surface area (Å²) < 4.78 is 10.0. The van der Waals surface area contributed by atoms with Crippen molar-refractivity contribution in [3.05, 3.63) is 29.8 Å². The van der Waals surface area contributed by atoms with Crippen molar-refractivity contribution in [2.75, 3.05) is 19.0 Å². The highest BCUT2D eigenvalue weighted by atomic mass is 79.9. The summed E-state index contributed by atoms with van der Waals surface area (Å²) in [7, 11) is 1.24. The number of methoxy groups -OCH3 is 1. The van der Waals surface area contributed by atoms with Crippen LogP contribution < -0.4 is 4.74 Å². The fraction of sp³-hybridized carbons (Fsp3) is 0.462. The number of aliphatic hydroxyl groups is 1. The Bertz CT molecular complexity index is 381. The van der Waals surface area contributed by atoms with E-state index in [0.717, 1.165) is 18.2 Å². The number of rotatable bonds is 7. The molecular formula is C13H17BrO4. The van der Waals surface area contributed by atoms with E-state index in [-0.39, 0.29) is 0 Å². The van der Waals surface area contributed by atoms with Crippen LogP contribution in [0.3, 0.4) is 0 Å². The second-order valence-electron chi connectivity index (χ2n) is 3.74. The van der Waals surface area contributed by atoms with Crippen molar-refractivity contribution in [2.45, 2.75) is 18.9 Å². The van der Waals surface area contributed by atoms with E-state index in [2.05, 4.69) is 20.7 Å². The predicted molar refractivity (Wildman–Crippen MR) is 71.9 cm³/mol. The number of esters is 1. The van der Waals surface area contributed by atoms with E-state index >= 15 is 0 Å². The van der Waals surface area contributed by atoms with E-state index < -0.39 is 12.1 Å². The van der Waals surface area contributed by atoms with Gasteiger partial charge in [-0.1, -0.05) is 28.1 Å². The molecule has 0 heterocycles. The number of benzene rings is 1. The fourth-order valence-corrected chi connectivity index (χ4v) is 1.81. The first-order valence-corrected chi connectivity index (χ1v) is 6.85. The molecule has 1 rings (SSSR count). The second-order valence-corrected chi connectivity index (χ2v) is 4.54. The highest BCUT2D eigenvalue weighted by Crippen LogP contribution is 2.20. The maximum atomic E-state index is 11.2. The lowest BCUT2D eigenvalue weighted by atomic mass is 10.1. The molecule has 1 aromatic rings. The van der Waals surface area contributed by atoms with Crippen LogP contribution in [0.1, 0.15) is 24.5 Å². The number of hydrogen-bond donors (Lipinski definition) is 1. The Labute approximate surface area is 115 Å². The quantitative estimate of drug-likeness (QED) is 0.477. The smallest absolute Gasteiger partial charge is 0.339 e. The molecule has 1 atom stereocenters. The van der Waals surface area contributed by atoms with Gasteiger partial charge in [-0.3, -0.25) is 0 Å². The zero-order valence-corrected chi connectivity index (χ0v) is 11.9. The number of unbranched alkanes of at least 4 members (excludes halogenated alkanes) is 1. The second kappa shape index (κ2) is 8.11. The van der Waals surface area contributed by atoms with Gasteiger partial charge in [0.2, 0.25) is 0 Å². The molecule has 0 unspecified atom stereocenters. The number of alkyl halides is 1. The summed E-state index contributed by atoms with van der Waals surface area (Å²) in [6.45, 7) is 0.614. The summed E-state index contributed by atoms with van der Waals surface area (Å²) in [6, 6.07) is 6.84. The Kier molecular flexibility index (Phi) is 6.75. The van der Waals surface area contributed by atoms with Gasteiger partial charge in [0.1, 0.15) is 5.75 Å². The maximum absolute atomic E-state index is 11.2. The zero-order valence-electron chi connectivity index (χ0n) is 10.3. The zero-order chi connectivity index (χ0) is 13.4. The highest BCUT2D eigenvalue weighted by molar-refractivity contribution is 9.09. The number of aliphatic hydroxyl groups excluding tert-OH is 1. The normalized spacial score (nSPS) is 11.9. The van der Waals surface area contributed by atoms with Crippen LogP contribution in [0.5, 0.6) is 5.75 Å². The molecule has 4 nitrogen and oxygen atoms in total. The molecule has 100 valence electrons. The topological polar surface area (TPSA) is 55.8 Å². The summed E-state index contributed by atoms with van der Waals surface area (Å²) in [4.78, 5) is 11.2. The Balaban J connectivity index is 2.59. The maximum Gasteiger partial charge on any atom is 0.339 e. The van der Waals surface area contributed by atoms with Crippen molar-refractivity contribution in [1.82, 2.24) is 0 Å². The van der Waals surface area contributed by atoms with Crippen molar-refractivity contribution in [1.29, 1.82) is 0 Å². The minimum Gasteiger partial charge on any atom is -0.494 e.